The zero-order chi connectivity index (χ0) is 10.3. The van der Waals surface area contributed by atoms with E-state index in [1.807, 2.05) is 0 Å². The summed E-state index contributed by atoms with van der Waals surface area (Å²) in [6, 6.07) is 1.14. The molecule has 0 bridgehead atoms. The predicted molar refractivity (Wildman–Crippen MR) is 50.8 cm³/mol. The molecule has 0 N–H and O–H groups in total. The van der Waals surface area contributed by atoms with Gasteiger partial charge in [-0.15, -0.1) is 11.3 Å². The van der Waals surface area contributed by atoms with Crippen molar-refractivity contribution in [3.05, 3.63) is 22.7 Å². The van der Waals surface area contributed by atoms with Crippen molar-refractivity contribution in [2.75, 3.05) is 7.11 Å². The molecule has 1 aromatic heterocycles. The molecule has 0 spiro atoms. The zero-order valence-corrected chi connectivity index (χ0v) is 8.41. The van der Waals surface area contributed by atoms with Crippen LogP contribution in [0, 0.1) is 18.6 Å². The van der Waals surface area contributed by atoms with E-state index in [-0.39, 0.29) is 5.75 Å². The summed E-state index contributed by atoms with van der Waals surface area (Å²) in [6.07, 6.45) is 0. The normalized spacial score (nSPS) is 10.9. The monoisotopic (exact) mass is 215 g/mol. The molecule has 2 nitrogen and oxygen atoms in total. The molecule has 0 atom stereocenters. The standard InChI is InChI=1S/C9H7F2NOS/c1-4-12-8-6(14-4)3-5(10)7(11)9(8)13-2/h3H,1-2H3. The summed E-state index contributed by atoms with van der Waals surface area (Å²) < 4.78 is 31.6. The summed E-state index contributed by atoms with van der Waals surface area (Å²) in [4.78, 5) is 4.07. The molecule has 0 unspecified atom stereocenters. The quantitative estimate of drug-likeness (QED) is 0.729. The second-order valence-electron chi connectivity index (χ2n) is 2.79. The second-order valence-corrected chi connectivity index (χ2v) is 4.02. The van der Waals surface area contributed by atoms with Gasteiger partial charge in [0.05, 0.1) is 16.8 Å². The minimum Gasteiger partial charge on any atom is -0.491 e. The third-order valence-electron chi connectivity index (χ3n) is 1.85. The number of aryl methyl sites for hydroxylation is 1. The number of hydrogen-bond acceptors (Lipinski definition) is 3. The summed E-state index contributed by atoms with van der Waals surface area (Å²) in [5.41, 5.74) is 0.383. The lowest BCUT2D eigenvalue weighted by atomic mass is 10.3. The van der Waals surface area contributed by atoms with Crippen LogP contribution in [-0.2, 0) is 0 Å². The summed E-state index contributed by atoms with van der Waals surface area (Å²) in [6.45, 7) is 1.78. The number of fused-ring (bicyclic) bond motifs is 1. The minimum atomic E-state index is -0.981. The number of nitrogens with zero attached hydrogens (tertiary/aromatic N) is 1. The van der Waals surface area contributed by atoms with E-state index < -0.39 is 11.6 Å². The molecular weight excluding hydrogens is 208 g/mol. The molecule has 0 saturated heterocycles. The molecule has 0 fully saturated rings. The maximum Gasteiger partial charge on any atom is 0.202 e. The van der Waals surface area contributed by atoms with Gasteiger partial charge >= 0.3 is 0 Å². The molecule has 74 valence electrons. The first-order valence-corrected chi connectivity index (χ1v) is 4.74. The lowest BCUT2D eigenvalue weighted by molar-refractivity contribution is 0.376. The second kappa shape index (κ2) is 3.16. The van der Waals surface area contributed by atoms with Gasteiger partial charge < -0.3 is 4.74 Å². The van der Waals surface area contributed by atoms with E-state index in [0.717, 1.165) is 11.1 Å². The number of hydrogen-bond donors (Lipinski definition) is 0. The third kappa shape index (κ3) is 1.24. The molecule has 0 saturated carbocycles. The summed E-state index contributed by atoms with van der Waals surface area (Å²) >= 11 is 1.31. The average Bonchev–Trinajstić information content (AvgIpc) is 2.47. The van der Waals surface area contributed by atoms with Gasteiger partial charge in [-0.2, -0.15) is 4.39 Å². The van der Waals surface area contributed by atoms with Crippen LogP contribution in [0.4, 0.5) is 8.78 Å². The SMILES string of the molecule is COc1c(F)c(F)cc2sc(C)nc12. The highest BCUT2D eigenvalue weighted by Crippen LogP contribution is 2.33. The van der Waals surface area contributed by atoms with Crippen LogP contribution in [0.25, 0.3) is 10.2 Å². The van der Waals surface area contributed by atoms with Gasteiger partial charge in [-0.3, -0.25) is 0 Å². The van der Waals surface area contributed by atoms with E-state index in [9.17, 15) is 8.78 Å². The van der Waals surface area contributed by atoms with Crippen LogP contribution in [0.3, 0.4) is 0 Å². The summed E-state index contributed by atoms with van der Waals surface area (Å²) in [7, 11) is 1.30. The topological polar surface area (TPSA) is 22.1 Å². The number of aromatic nitrogens is 1. The van der Waals surface area contributed by atoms with Crippen molar-refractivity contribution in [3.63, 3.8) is 0 Å². The lowest BCUT2D eigenvalue weighted by Crippen LogP contribution is -1.93. The minimum absolute atomic E-state index is 0.121. The van der Waals surface area contributed by atoms with Crippen molar-refractivity contribution < 1.29 is 13.5 Å². The molecule has 0 amide bonds. The molecule has 0 radical (unpaired) electrons. The fourth-order valence-corrected chi connectivity index (χ4v) is 2.13. The molecule has 2 aromatic rings. The fraction of sp³-hybridized carbons (Fsp3) is 0.222. The highest BCUT2D eigenvalue weighted by molar-refractivity contribution is 7.18. The number of thiazole rings is 1. The van der Waals surface area contributed by atoms with Crippen molar-refractivity contribution in [1.29, 1.82) is 0 Å². The summed E-state index contributed by atoms with van der Waals surface area (Å²) in [5, 5.41) is 0.753. The van der Waals surface area contributed by atoms with Gasteiger partial charge in [-0.05, 0) is 13.0 Å². The van der Waals surface area contributed by atoms with Crippen molar-refractivity contribution in [1.82, 2.24) is 4.98 Å². The number of rotatable bonds is 1. The number of halogens is 2. The van der Waals surface area contributed by atoms with Crippen LogP contribution < -0.4 is 4.74 Å². The van der Waals surface area contributed by atoms with Gasteiger partial charge in [0.15, 0.2) is 11.6 Å². The summed E-state index contributed by atoms with van der Waals surface area (Å²) in [5.74, 6) is -2.01. The van der Waals surface area contributed by atoms with Crippen LogP contribution in [0.15, 0.2) is 6.07 Å². The number of benzene rings is 1. The fourth-order valence-electron chi connectivity index (χ4n) is 1.28. The predicted octanol–water partition coefficient (Wildman–Crippen LogP) is 2.89. The Hall–Kier alpha value is -1.23. The Bertz CT molecular complexity index is 495. The van der Waals surface area contributed by atoms with Crippen LogP contribution in [-0.4, -0.2) is 12.1 Å². The highest BCUT2D eigenvalue weighted by atomic mass is 32.1. The van der Waals surface area contributed by atoms with Crippen LogP contribution in [0.1, 0.15) is 5.01 Å². The average molecular weight is 215 g/mol. The van der Waals surface area contributed by atoms with E-state index in [2.05, 4.69) is 4.98 Å². The van der Waals surface area contributed by atoms with Crippen molar-refractivity contribution in [2.24, 2.45) is 0 Å². The van der Waals surface area contributed by atoms with Crippen LogP contribution in [0.2, 0.25) is 0 Å². The first-order valence-electron chi connectivity index (χ1n) is 3.92. The van der Waals surface area contributed by atoms with Gasteiger partial charge in [0, 0.05) is 0 Å². The first kappa shape index (κ1) is 9.33. The maximum absolute atomic E-state index is 13.2. The van der Waals surface area contributed by atoms with Crippen molar-refractivity contribution in [3.8, 4) is 5.75 Å². The van der Waals surface area contributed by atoms with Gasteiger partial charge in [0.25, 0.3) is 0 Å². The molecule has 1 heterocycles. The Balaban J connectivity index is 2.87. The molecule has 14 heavy (non-hydrogen) atoms. The molecule has 5 heteroatoms. The van der Waals surface area contributed by atoms with E-state index in [1.165, 1.54) is 18.4 Å². The molecule has 0 aliphatic carbocycles. The lowest BCUT2D eigenvalue weighted by Gasteiger charge is -2.02. The Morgan fingerprint density at radius 2 is 2.14 bits per heavy atom. The van der Waals surface area contributed by atoms with E-state index in [0.29, 0.717) is 10.2 Å². The van der Waals surface area contributed by atoms with E-state index in [4.69, 9.17) is 4.74 Å². The number of ether oxygens (including phenoxy) is 1. The Labute approximate surface area is 83.1 Å². The van der Waals surface area contributed by atoms with Gasteiger partial charge in [0.2, 0.25) is 5.82 Å². The molecule has 2 rings (SSSR count). The Morgan fingerprint density at radius 3 is 2.79 bits per heavy atom. The van der Waals surface area contributed by atoms with Crippen LogP contribution in [0.5, 0.6) is 5.75 Å². The number of methoxy groups -OCH3 is 1. The maximum atomic E-state index is 13.2. The Morgan fingerprint density at radius 1 is 1.43 bits per heavy atom. The van der Waals surface area contributed by atoms with Gasteiger partial charge in [-0.25, -0.2) is 9.37 Å². The Kier molecular flexibility index (Phi) is 2.11. The molecule has 0 aliphatic rings. The van der Waals surface area contributed by atoms with Gasteiger partial charge in [-0.1, -0.05) is 0 Å². The van der Waals surface area contributed by atoms with Crippen molar-refractivity contribution in [2.45, 2.75) is 6.92 Å². The van der Waals surface area contributed by atoms with E-state index >= 15 is 0 Å². The molecule has 1 aromatic carbocycles. The zero-order valence-electron chi connectivity index (χ0n) is 7.60. The largest absolute Gasteiger partial charge is 0.491 e. The highest BCUT2D eigenvalue weighted by Gasteiger charge is 2.16. The van der Waals surface area contributed by atoms with Gasteiger partial charge in [0.1, 0.15) is 5.52 Å². The smallest absolute Gasteiger partial charge is 0.202 e. The third-order valence-corrected chi connectivity index (χ3v) is 2.76. The van der Waals surface area contributed by atoms with Crippen LogP contribution >= 0.6 is 11.3 Å². The van der Waals surface area contributed by atoms with E-state index in [1.54, 1.807) is 6.92 Å². The molecular formula is C9H7F2NOS. The van der Waals surface area contributed by atoms with Crippen molar-refractivity contribution >= 4 is 21.6 Å². The molecule has 0 aliphatic heterocycles. The first-order chi connectivity index (χ1) is 6.63.